The van der Waals surface area contributed by atoms with Gasteiger partial charge >= 0.3 is 0 Å². The highest BCUT2D eigenvalue weighted by Gasteiger charge is 2.07. The fraction of sp³-hybridized carbons (Fsp3) is 0.444. The molecule has 4 N–H and O–H groups in total. The number of anilines is 2. The Morgan fingerprint density at radius 2 is 2.16 bits per heavy atom. The van der Waals surface area contributed by atoms with Gasteiger partial charge in [0.05, 0.1) is 6.61 Å². The average molecular weight is 265 g/mol. The summed E-state index contributed by atoms with van der Waals surface area (Å²) in [7, 11) is 0. The van der Waals surface area contributed by atoms with Gasteiger partial charge in [0.15, 0.2) is 0 Å². The van der Waals surface area contributed by atoms with Gasteiger partial charge in [-0.25, -0.2) is 10.8 Å². The van der Waals surface area contributed by atoms with Crippen molar-refractivity contribution in [2.75, 3.05) is 30.5 Å². The molecule has 2 rings (SSSR count). The van der Waals surface area contributed by atoms with E-state index >= 15 is 0 Å². The van der Waals surface area contributed by atoms with Crippen LogP contribution in [0.2, 0.25) is 0 Å². The number of ether oxygens (including phenoxy) is 1. The van der Waals surface area contributed by atoms with E-state index in [9.17, 15) is 0 Å². The van der Waals surface area contributed by atoms with E-state index in [1.807, 2.05) is 6.92 Å². The molecule has 19 heavy (non-hydrogen) atoms. The van der Waals surface area contributed by atoms with Crippen LogP contribution < -0.4 is 16.6 Å². The molecule has 0 fully saturated rings. The Kier molecular flexibility index (Phi) is 4.53. The van der Waals surface area contributed by atoms with Crippen molar-refractivity contribution in [2.24, 2.45) is 5.84 Å². The number of aromatic nitrogens is 6. The van der Waals surface area contributed by atoms with Gasteiger partial charge in [0.2, 0.25) is 11.9 Å². The summed E-state index contributed by atoms with van der Waals surface area (Å²) in [5.41, 5.74) is 2.38. The summed E-state index contributed by atoms with van der Waals surface area (Å²) < 4.78 is 6.63. The lowest BCUT2D eigenvalue weighted by Gasteiger charge is -2.08. The zero-order valence-corrected chi connectivity index (χ0v) is 10.4. The van der Waals surface area contributed by atoms with Crippen molar-refractivity contribution >= 4 is 11.9 Å². The van der Waals surface area contributed by atoms with Gasteiger partial charge in [-0.2, -0.15) is 24.7 Å². The lowest BCUT2D eigenvalue weighted by molar-refractivity contribution is 0.158. The maximum absolute atomic E-state index is 5.32. The van der Waals surface area contributed by atoms with E-state index in [1.165, 1.54) is 17.3 Å². The number of hydrogen-bond donors (Lipinski definition) is 3. The number of nitrogens with one attached hydrogen (secondary N) is 2. The minimum absolute atomic E-state index is 0.236. The number of hydrazine groups is 1. The zero-order valence-electron chi connectivity index (χ0n) is 10.4. The first-order valence-corrected chi connectivity index (χ1v) is 5.72. The molecule has 0 aliphatic rings. The first-order valence-electron chi connectivity index (χ1n) is 5.72. The van der Waals surface area contributed by atoms with Gasteiger partial charge in [0.1, 0.15) is 12.7 Å². The molecule has 10 nitrogen and oxygen atoms in total. The van der Waals surface area contributed by atoms with Gasteiger partial charge in [0, 0.05) is 13.2 Å². The van der Waals surface area contributed by atoms with Crippen LogP contribution >= 0.6 is 0 Å². The fourth-order valence-electron chi connectivity index (χ4n) is 1.30. The van der Waals surface area contributed by atoms with Crippen LogP contribution in [0.1, 0.15) is 6.92 Å². The van der Waals surface area contributed by atoms with Crippen LogP contribution in [0.25, 0.3) is 5.95 Å². The highest BCUT2D eigenvalue weighted by molar-refractivity contribution is 5.36. The number of nitrogens with zero attached hydrogens (tertiary/aromatic N) is 6. The first kappa shape index (κ1) is 13.1. The monoisotopic (exact) mass is 265 g/mol. The Labute approximate surface area is 109 Å². The molecule has 2 aromatic rings. The van der Waals surface area contributed by atoms with E-state index < -0.39 is 0 Å². The molecule has 0 spiro atoms. The highest BCUT2D eigenvalue weighted by atomic mass is 16.5. The molecule has 2 heterocycles. The van der Waals surface area contributed by atoms with Crippen molar-refractivity contribution in [3.8, 4) is 5.95 Å². The third-order valence-corrected chi connectivity index (χ3v) is 2.11. The summed E-state index contributed by atoms with van der Waals surface area (Å²) >= 11 is 0. The summed E-state index contributed by atoms with van der Waals surface area (Å²) in [6, 6.07) is 0. The van der Waals surface area contributed by atoms with Gasteiger partial charge in [-0.05, 0) is 6.92 Å². The predicted octanol–water partition coefficient (Wildman–Crippen LogP) is -0.814. The molecule has 0 unspecified atom stereocenters. The topological polar surface area (TPSA) is 129 Å². The first-order chi connectivity index (χ1) is 9.33. The Morgan fingerprint density at radius 3 is 2.84 bits per heavy atom. The highest BCUT2D eigenvalue weighted by Crippen LogP contribution is 2.06. The Hall–Kier alpha value is -2.33. The van der Waals surface area contributed by atoms with Crippen molar-refractivity contribution in [1.82, 2.24) is 29.7 Å². The van der Waals surface area contributed by atoms with Gasteiger partial charge in [-0.15, -0.1) is 0 Å². The van der Waals surface area contributed by atoms with E-state index in [4.69, 9.17) is 10.6 Å². The molecule has 0 amide bonds. The van der Waals surface area contributed by atoms with Crippen LogP contribution in [0.15, 0.2) is 12.7 Å². The minimum atomic E-state index is 0.236. The zero-order chi connectivity index (χ0) is 13.5. The Bertz CT molecular complexity index is 500. The van der Waals surface area contributed by atoms with Gasteiger partial charge in [-0.3, -0.25) is 5.43 Å². The van der Waals surface area contributed by atoms with Crippen LogP contribution in [0.4, 0.5) is 11.9 Å². The molecule has 0 atom stereocenters. The summed E-state index contributed by atoms with van der Waals surface area (Å²) in [5, 5.41) is 6.96. The van der Waals surface area contributed by atoms with Crippen LogP contribution in [0.5, 0.6) is 0 Å². The number of hydrogen-bond acceptors (Lipinski definition) is 9. The predicted molar refractivity (Wildman–Crippen MR) is 67.5 cm³/mol. The quantitative estimate of drug-likeness (QED) is 0.334. The molecule has 0 saturated heterocycles. The summed E-state index contributed by atoms with van der Waals surface area (Å²) in [5.74, 6) is 6.25. The largest absolute Gasteiger partial charge is 0.380 e. The standard InChI is InChI=1S/C9H15N9O/c1-2-19-4-3-12-7-14-8(17-10)16-9(15-7)18-6-11-5-13-18/h5-6H,2-4,10H2,1H3,(H2,12,14,15,16,17). The normalized spacial score (nSPS) is 10.4. The summed E-state index contributed by atoms with van der Waals surface area (Å²) in [4.78, 5) is 16.2. The number of nitrogens with two attached hydrogens (primary N) is 1. The van der Waals surface area contributed by atoms with Crippen LogP contribution in [-0.4, -0.2) is 49.5 Å². The second kappa shape index (κ2) is 6.56. The molecule has 0 aliphatic heterocycles. The molecule has 2 aromatic heterocycles. The van der Waals surface area contributed by atoms with Crippen molar-refractivity contribution < 1.29 is 4.74 Å². The molecule has 0 aliphatic carbocycles. The average Bonchev–Trinajstić information content (AvgIpc) is 2.97. The molecule has 0 radical (unpaired) electrons. The molecule has 10 heteroatoms. The molecular formula is C9H15N9O. The Balaban J connectivity index is 2.12. The molecule has 0 bridgehead atoms. The van der Waals surface area contributed by atoms with Gasteiger partial charge in [-0.1, -0.05) is 0 Å². The van der Waals surface area contributed by atoms with Crippen molar-refractivity contribution in [3.63, 3.8) is 0 Å². The summed E-state index contributed by atoms with van der Waals surface area (Å²) in [6.45, 7) is 3.74. The fourth-order valence-corrected chi connectivity index (χ4v) is 1.30. The second-order valence-electron chi connectivity index (χ2n) is 3.39. The maximum Gasteiger partial charge on any atom is 0.258 e. The molecular weight excluding hydrogens is 250 g/mol. The minimum Gasteiger partial charge on any atom is -0.380 e. The SMILES string of the molecule is CCOCCNc1nc(NN)nc(-n2cncn2)n1. The third-order valence-electron chi connectivity index (χ3n) is 2.11. The van der Waals surface area contributed by atoms with Crippen LogP contribution in [-0.2, 0) is 4.74 Å². The van der Waals surface area contributed by atoms with Crippen molar-refractivity contribution in [3.05, 3.63) is 12.7 Å². The molecule has 102 valence electrons. The van der Waals surface area contributed by atoms with Crippen molar-refractivity contribution in [2.45, 2.75) is 6.92 Å². The van der Waals surface area contributed by atoms with E-state index in [0.29, 0.717) is 31.7 Å². The Morgan fingerprint density at radius 1 is 1.32 bits per heavy atom. The number of rotatable bonds is 7. The molecule has 0 aromatic carbocycles. The van der Waals surface area contributed by atoms with Gasteiger partial charge in [0.25, 0.3) is 5.95 Å². The van der Waals surface area contributed by atoms with Crippen LogP contribution in [0.3, 0.4) is 0 Å². The van der Waals surface area contributed by atoms with E-state index in [-0.39, 0.29) is 5.95 Å². The summed E-state index contributed by atoms with van der Waals surface area (Å²) in [6.07, 6.45) is 2.88. The van der Waals surface area contributed by atoms with E-state index in [1.54, 1.807) is 0 Å². The maximum atomic E-state index is 5.32. The lowest BCUT2D eigenvalue weighted by atomic mass is 10.6. The smallest absolute Gasteiger partial charge is 0.258 e. The van der Waals surface area contributed by atoms with Gasteiger partial charge < -0.3 is 10.1 Å². The van der Waals surface area contributed by atoms with E-state index in [0.717, 1.165) is 0 Å². The third kappa shape index (κ3) is 3.56. The second-order valence-corrected chi connectivity index (χ2v) is 3.39. The lowest BCUT2D eigenvalue weighted by Crippen LogP contribution is -2.17. The molecule has 0 saturated carbocycles. The number of nitrogen functional groups attached to an aromatic ring is 1. The van der Waals surface area contributed by atoms with E-state index in [2.05, 4.69) is 35.8 Å². The van der Waals surface area contributed by atoms with Crippen LogP contribution in [0, 0.1) is 0 Å². The van der Waals surface area contributed by atoms with Crippen molar-refractivity contribution in [1.29, 1.82) is 0 Å².